The number of nitrogens with zero attached hydrogens (tertiary/aromatic N) is 2. The molecular weight excluding hydrogens is 222 g/mol. The van der Waals surface area contributed by atoms with Crippen molar-refractivity contribution in [2.45, 2.75) is 33.4 Å². The van der Waals surface area contributed by atoms with Crippen LogP contribution in [0.15, 0.2) is 12.3 Å². The predicted octanol–water partition coefficient (Wildman–Crippen LogP) is 2.67. The van der Waals surface area contributed by atoms with E-state index in [0.29, 0.717) is 23.5 Å². The molecule has 1 aromatic rings. The zero-order valence-electron chi connectivity index (χ0n) is 10.4. The molecule has 0 amide bonds. The lowest BCUT2D eigenvalue weighted by Crippen LogP contribution is -2.34. The summed E-state index contributed by atoms with van der Waals surface area (Å²) in [4.78, 5) is 6.43. The van der Waals surface area contributed by atoms with E-state index in [-0.39, 0.29) is 0 Å². The van der Waals surface area contributed by atoms with Crippen LogP contribution in [0.5, 0.6) is 0 Å². The van der Waals surface area contributed by atoms with Gasteiger partial charge >= 0.3 is 0 Å². The van der Waals surface area contributed by atoms with E-state index in [1.165, 1.54) is 0 Å². The Morgan fingerprint density at radius 3 is 2.56 bits per heavy atom. The van der Waals surface area contributed by atoms with Crippen molar-refractivity contribution in [2.24, 2.45) is 11.7 Å². The fraction of sp³-hybridized carbons (Fsp3) is 0.583. The molecule has 0 saturated carbocycles. The maximum atomic E-state index is 6.27. The van der Waals surface area contributed by atoms with Gasteiger partial charge < -0.3 is 10.6 Å². The molecule has 0 aromatic carbocycles. The summed E-state index contributed by atoms with van der Waals surface area (Å²) in [5.74, 6) is 1.36. The summed E-state index contributed by atoms with van der Waals surface area (Å²) >= 11 is 6.27. The molecule has 1 unspecified atom stereocenters. The molecule has 0 radical (unpaired) electrons. The van der Waals surface area contributed by atoms with E-state index in [9.17, 15) is 0 Å². The Labute approximate surface area is 103 Å². The smallest absolute Gasteiger partial charge is 0.147 e. The molecule has 1 atom stereocenters. The first kappa shape index (κ1) is 13.3. The molecule has 1 rings (SSSR count). The van der Waals surface area contributed by atoms with E-state index in [1.807, 2.05) is 13.1 Å². The van der Waals surface area contributed by atoms with E-state index in [2.05, 4.69) is 30.7 Å². The molecule has 1 heterocycles. The van der Waals surface area contributed by atoms with Gasteiger partial charge in [-0.3, -0.25) is 0 Å². The van der Waals surface area contributed by atoms with Crippen LogP contribution < -0.4 is 10.6 Å². The van der Waals surface area contributed by atoms with Crippen LogP contribution in [-0.4, -0.2) is 18.1 Å². The zero-order chi connectivity index (χ0) is 12.3. The number of rotatable bonds is 4. The van der Waals surface area contributed by atoms with Crippen molar-refractivity contribution in [3.63, 3.8) is 0 Å². The highest BCUT2D eigenvalue weighted by atomic mass is 35.5. The van der Waals surface area contributed by atoms with E-state index in [4.69, 9.17) is 17.3 Å². The molecule has 0 spiro atoms. The quantitative estimate of drug-likeness (QED) is 0.881. The van der Waals surface area contributed by atoms with Crippen LogP contribution in [-0.2, 0) is 6.54 Å². The third-order valence-corrected chi connectivity index (χ3v) is 3.49. The lowest BCUT2D eigenvalue weighted by Gasteiger charge is -2.30. The summed E-state index contributed by atoms with van der Waals surface area (Å²) in [7, 11) is 2.01. The van der Waals surface area contributed by atoms with Gasteiger partial charge in [-0.2, -0.15) is 0 Å². The minimum atomic E-state index is 0.387. The first-order chi connectivity index (χ1) is 7.49. The summed E-state index contributed by atoms with van der Waals surface area (Å²) in [6.45, 7) is 6.97. The van der Waals surface area contributed by atoms with Gasteiger partial charge in [0.1, 0.15) is 5.82 Å². The average Bonchev–Trinajstić information content (AvgIpc) is 2.27. The summed E-state index contributed by atoms with van der Waals surface area (Å²) in [6.07, 6.45) is 1.76. The highest BCUT2D eigenvalue weighted by Crippen LogP contribution is 2.28. The van der Waals surface area contributed by atoms with E-state index < -0.39 is 0 Å². The van der Waals surface area contributed by atoms with E-state index in [1.54, 1.807) is 6.20 Å². The van der Waals surface area contributed by atoms with Gasteiger partial charge in [0.05, 0.1) is 5.02 Å². The third kappa shape index (κ3) is 2.66. The lowest BCUT2D eigenvalue weighted by molar-refractivity contribution is 0.502. The fourth-order valence-electron chi connectivity index (χ4n) is 1.51. The minimum Gasteiger partial charge on any atom is -0.355 e. The normalized spacial score (nSPS) is 12.9. The molecule has 0 aliphatic rings. The van der Waals surface area contributed by atoms with Gasteiger partial charge in [-0.05, 0) is 24.5 Å². The summed E-state index contributed by atoms with van der Waals surface area (Å²) in [5.41, 5.74) is 6.56. The van der Waals surface area contributed by atoms with Crippen molar-refractivity contribution in [1.82, 2.24) is 4.98 Å². The Morgan fingerprint density at radius 1 is 1.44 bits per heavy atom. The summed E-state index contributed by atoms with van der Waals surface area (Å²) in [6, 6.07) is 2.25. The number of hydrogen-bond donors (Lipinski definition) is 1. The van der Waals surface area contributed by atoms with Crippen LogP contribution in [0.1, 0.15) is 26.3 Å². The molecule has 2 N–H and O–H groups in total. The third-order valence-electron chi connectivity index (χ3n) is 3.08. The highest BCUT2D eigenvalue weighted by Gasteiger charge is 2.18. The van der Waals surface area contributed by atoms with Crippen molar-refractivity contribution in [3.05, 3.63) is 22.8 Å². The van der Waals surface area contributed by atoms with Crippen LogP contribution in [0.4, 0.5) is 5.82 Å². The molecule has 0 saturated heterocycles. The second-order valence-corrected chi connectivity index (χ2v) is 4.79. The Bertz CT molecular complexity index is 352. The van der Waals surface area contributed by atoms with Crippen LogP contribution in [0, 0.1) is 5.92 Å². The monoisotopic (exact) mass is 241 g/mol. The van der Waals surface area contributed by atoms with Gasteiger partial charge in [0.25, 0.3) is 0 Å². The number of aromatic nitrogens is 1. The fourth-order valence-corrected chi connectivity index (χ4v) is 1.84. The molecule has 0 fully saturated rings. The summed E-state index contributed by atoms with van der Waals surface area (Å²) < 4.78 is 0. The largest absolute Gasteiger partial charge is 0.355 e. The van der Waals surface area contributed by atoms with Gasteiger partial charge in [0, 0.05) is 25.8 Å². The van der Waals surface area contributed by atoms with Crippen molar-refractivity contribution < 1.29 is 0 Å². The Morgan fingerprint density at radius 2 is 2.06 bits per heavy atom. The number of pyridine rings is 1. The van der Waals surface area contributed by atoms with Gasteiger partial charge in [-0.25, -0.2) is 4.98 Å². The molecule has 0 bridgehead atoms. The van der Waals surface area contributed by atoms with E-state index in [0.717, 1.165) is 11.4 Å². The molecule has 0 aliphatic heterocycles. The van der Waals surface area contributed by atoms with Crippen molar-refractivity contribution in [1.29, 1.82) is 0 Å². The van der Waals surface area contributed by atoms with Crippen LogP contribution in [0.25, 0.3) is 0 Å². The van der Waals surface area contributed by atoms with Crippen molar-refractivity contribution in [2.75, 3.05) is 11.9 Å². The van der Waals surface area contributed by atoms with Crippen molar-refractivity contribution >= 4 is 17.4 Å². The standard InChI is InChI=1S/C12H20ClN3/c1-8(2)9(3)16(4)12-11(13)10(7-14)5-6-15-12/h5-6,8-9H,7,14H2,1-4H3. The topological polar surface area (TPSA) is 42.2 Å². The van der Waals surface area contributed by atoms with Crippen LogP contribution >= 0.6 is 11.6 Å². The van der Waals surface area contributed by atoms with Crippen molar-refractivity contribution in [3.8, 4) is 0 Å². The van der Waals surface area contributed by atoms with Gasteiger partial charge in [0.2, 0.25) is 0 Å². The predicted molar refractivity (Wildman–Crippen MR) is 69.8 cm³/mol. The minimum absolute atomic E-state index is 0.387. The maximum absolute atomic E-state index is 6.27. The second-order valence-electron chi connectivity index (χ2n) is 4.41. The molecule has 16 heavy (non-hydrogen) atoms. The average molecular weight is 242 g/mol. The van der Waals surface area contributed by atoms with Gasteiger partial charge in [0.15, 0.2) is 0 Å². The van der Waals surface area contributed by atoms with Crippen LogP contribution in [0.2, 0.25) is 5.02 Å². The molecule has 3 nitrogen and oxygen atoms in total. The first-order valence-electron chi connectivity index (χ1n) is 5.55. The molecule has 90 valence electrons. The number of halogens is 1. The zero-order valence-corrected chi connectivity index (χ0v) is 11.1. The number of anilines is 1. The van der Waals surface area contributed by atoms with Crippen LogP contribution in [0.3, 0.4) is 0 Å². The SMILES string of the molecule is CC(C)C(C)N(C)c1nccc(CN)c1Cl. The molecule has 0 aliphatic carbocycles. The highest BCUT2D eigenvalue weighted by molar-refractivity contribution is 6.33. The first-order valence-corrected chi connectivity index (χ1v) is 5.93. The summed E-state index contributed by atoms with van der Waals surface area (Å²) in [5, 5.41) is 0.667. The molecular formula is C12H20ClN3. The Balaban J connectivity index is 3.04. The van der Waals surface area contributed by atoms with Gasteiger partial charge in [-0.15, -0.1) is 0 Å². The number of hydrogen-bond acceptors (Lipinski definition) is 3. The molecule has 4 heteroatoms. The van der Waals surface area contributed by atoms with E-state index >= 15 is 0 Å². The number of nitrogens with two attached hydrogens (primary N) is 1. The maximum Gasteiger partial charge on any atom is 0.147 e. The lowest BCUT2D eigenvalue weighted by atomic mass is 10.1. The Hall–Kier alpha value is -0.800. The second kappa shape index (κ2) is 5.51. The van der Waals surface area contributed by atoms with Gasteiger partial charge in [-0.1, -0.05) is 25.4 Å². The molecule has 1 aromatic heterocycles. The Kier molecular flexibility index (Phi) is 4.56.